The fourth-order valence-corrected chi connectivity index (χ4v) is 3.12. The van der Waals surface area contributed by atoms with E-state index in [1.165, 1.54) is 56.7 Å². The summed E-state index contributed by atoms with van der Waals surface area (Å²) in [6.07, 6.45) is 3.57. The maximum absolute atomic E-state index is 5.52. The van der Waals surface area contributed by atoms with Crippen molar-refractivity contribution in [2.45, 2.75) is 39.0 Å². The fraction of sp³-hybridized carbons (Fsp3) is 0.684. The van der Waals surface area contributed by atoms with Crippen molar-refractivity contribution in [1.82, 2.24) is 9.80 Å². The maximum Gasteiger partial charge on any atom is 0.122 e. The third-order valence-electron chi connectivity index (χ3n) is 4.97. The van der Waals surface area contributed by atoms with Crippen LogP contribution in [0.2, 0.25) is 0 Å². The monoisotopic (exact) mass is 304 g/mol. The Balaban J connectivity index is 1.87. The first-order chi connectivity index (χ1) is 10.6. The van der Waals surface area contributed by atoms with E-state index < -0.39 is 0 Å². The van der Waals surface area contributed by atoms with Gasteiger partial charge in [0.2, 0.25) is 0 Å². The molecule has 1 heterocycles. The molecule has 3 heteroatoms. The molecular weight excluding hydrogens is 272 g/mol. The first-order valence-electron chi connectivity index (χ1n) is 8.71. The second-order valence-electron chi connectivity index (χ2n) is 6.63. The third-order valence-corrected chi connectivity index (χ3v) is 4.97. The number of benzene rings is 1. The highest BCUT2D eigenvalue weighted by Crippen LogP contribution is 2.29. The van der Waals surface area contributed by atoms with Crippen LogP contribution >= 0.6 is 0 Å². The molecule has 1 atom stereocenters. The first kappa shape index (κ1) is 17.3. The van der Waals surface area contributed by atoms with Gasteiger partial charge in [0.1, 0.15) is 5.75 Å². The van der Waals surface area contributed by atoms with Crippen molar-refractivity contribution in [2.24, 2.45) is 0 Å². The Morgan fingerprint density at radius 1 is 1.18 bits per heavy atom. The van der Waals surface area contributed by atoms with E-state index in [-0.39, 0.29) is 0 Å². The lowest BCUT2D eigenvalue weighted by atomic mass is 9.94. The van der Waals surface area contributed by atoms with Crippen LogP contribution in [0.3, 0.4) is 0 Å². The topological polar surface area (TPSA) is 15.7 Å². The summed E-state index contributed by atoms with van der Waals surface area (Å²) < 4.78 is 5.52. The van der Waals surface area contributed by atoms with Gasteiger partial charge >= 0.3 is 0 Å². The van der Waals surface area contributed by atoms with Gasteiger partial charge in [-0.25, -0.2) is 0 Å². The lowest BCUT2D eigenvalue weighted by Crippen LogP contribution is -2.44. The minimum Gasteiger partial charge on any atom is -0.496 e. The molecule has 1 aliphatic heterocycles. The van der Waals surface area contributed by atoms with Crippen LogP contribution in [-0.2, 0) is 6.42 Å². The van der Waals surface area contributed by atoms with E-state index in [1.54, 1.807) is 7.11 Å². The highest BCUT2D eigenvalue weighted by atomic mass is 16.5. The van der Waals surface area contributed by atoms with Gasteiger partial charge in [-0.3, -0.25) is 0 Å². The Morgan fingerprint density at radius 2 is 1.91 bits per heavy atom. The summed E-state index contributed by atoms with van der Waals surface area (Å²) in [7, 11) is 3.99. The number of aryl methyl sites for hydroxylation is 1. The Labute approximate surface area is 136 Å². The number of ether oxygens (including phenoxy) is 1. The average Bonchev–Trinajstić information content (AvgIpc) is 2.56. The molecule has 0 radical (unpaired) electrons. The summed E-state index contributed by atoms with van der Waals surface area (Å²) >= 11 is 0. The number of nitrogens with zero attached hydrogens (tertiary/aromatic N) is 2. The van der Waals surface area contributed by atoms with E-state index in [2.05, 4.69) is 48.9 Å². The number of methoxy groups -OCH3 is 1. The molecule has 1 unspecified atom stereocenters. The molecule has 0 bridgehead atoms. The van der Waals surface area contributed by atoms with Crippen LogP contribution in [0.25, 0.3) is 0 Å². The van der Waals surface area contributed by atoms with Crippen molar-refractivity contribution in [3.8, 4) is 5.75 Å². The predicted molar refractivity (Wildman–Crippen MR) is 94.0 cm³/mol. The molecule has 124 valence electrons. The van der Waals surface area contributed by atoms with E-state index in [9.17, 15) is 0 Å². The molecule has 0 spiro atoms. The minimum atomic E-state index is 0.563. The molecular formula is C19H32N2O. The Kier molecular flexibility index (Phi) is 6.71. The van der Waals surface area contributed by atoms with E-state index >= 15 is 0 Å². The minimum absolute atomic E-state index is 0.563. The molecule has 0 aliphatic carbocycles. The molecule has 0 saturated carbocycles. The lowest BCUT2D eigenvalue weighted by molar-refractivity contribution is 0.153. The summed E-state index contributed by atoms with van der Waals surface area (Å²) in [6.45, 7) is 10.6. The van der Waals surface area contributed by atoms with Crippen LogP contribution in [-0.4, -0.2) is 56.7 Å². The van der Waals surface area contributed by atoms with Crippen LogP contribution in [0.4, 0.5) is 0 Å². The first-order valence-corrected chi connectivity index (χ1v) is 8.71. The standard InChI is InChI=1S/C19H32N2O/c1-5-16(2)18-15-17(8-9-19(18)22-4)7-6-10-21-13-11-20(3)12-14-21/h8-9,15-16H,5-7,10-14H2,1-4H3. The van der Waals surface area contributed by atoms with Gasteiger partial charge in [-0.1, -0.05) is 26.0 Å². The summed E-state index contributed by atoms with van der Waals surface area (Å²) in [4.78, 5) is 5.01. The third kappa shape index (κ3) is 4.72. The van der Waals surface area contributed by atoms with Crippen molar-refractivity contribution < 1.29 is 4.74 Å². The van der Waals surface area contributed by atoms with Gasteiger partial charge in [-0.05, 0) is 56.0 Å². The summed E-state index contributed by atoms with van der Waals surface area (Å²) in [6, 6.07) is 6.73. The fourth-order valence-electron chi connectivity index (χ4n) is 3.12. The highest BCUT2D eigenvalue weighted by molar-refractivity contribution is 5.39. The van der Waals surface area contributed by atoms with Crippen molar-refractivity contribution in [3.05, 3.63) is 29.3 Å². The predicted octanol–water partition coefficient (Wildman–Crippen LogP) is 3.39. The number of piperazine rings is 1. The molecule has 0 amide bonds. The lowest BCUT2D eigenvalue weighted by Gasteiger charge is -2.32. The van der Waals surface area contributed by atoms with E-state index in [1.807, 2.05) is 0 Å². The van der Waals surface area contributed by atoms with Crippen LogP contribution < -0.4 is 4.74 Å². The van der Waals surface area contributed by atoms with Gasteiger partial charge in [0.25, 0.3) is 0 Å². The van der Waals surface area contributed by atoms with Crippen LogP contribution in [0.15, 0.2) is 18.2 Å². The molecule has 1 fully saturated rings. The molecule has 1 aromatic rings. The van der Waals surface area contributed by atoms with Crippen LogP contribution in [0.1, 0.15) is 43.7 Å². The van der Waals surface area contributed by atoms with Crippen LogP contribution in [0, 0.1) is 0 Å². The zero-order valence-electron chi connectivity index (χ0n) is 14.8. The van der Waals surface area contributed by atoms with Gasteiger partial charge in [0.05, 0.1) is 7.11 Å². The SMILES string of the molecule is CCC(C)c1cc(CCCN2CCN(C)CC2)ccc1OC. The maximum atomic E-state index is 5.52. The molecule has 2 rings (SSSR count). The van der Waals surface area contributed by atoms with Crippen molar-refractivity contribution in [1.29, 1.82) is 0 Å². The van der Waals surface area contributed by atoms with E-state index in [4.69, 9.17) is 4.74 Å². The Bertz CT molecular complexity index is 453. The molecule has 1 saturated heterocycles. The molecule has 0 N–H and O–H groups in total. The summed E-state index contributed by atoms with van der Waals surface area (Å²) in [5.41, 5.74) is 2.81. The zero-order chi connectivity index (χ0) is 15.9. The summed E-state index contributed by atoms with van der Waals surface area (Å²) in [5.74, 6) is 1.60. The zero-order valence-corrected chi connectivity index (χ0v) is 14.8. The second kappa shape index (κ2) is 8.54. The summed E-state index contributed by atoms with van der Waals surface area (Å²) in [5, 5.41) is 0. The molecule has 0 aromatic heterocycles. The molecule has 22 heavy (non-hydrogen) atoms. The number of hydrogen-bond donors (Lipinski definition) is 0. The van der Waals surface area contributed by atoms with Gasteiger partial charge in [-0.2, -0.15) is 0 Å². The van der Waals surface area contributed by atoms with E-state index in [0.717, 1.165) is 12.2 Å². The van der Waals surface area contributed by atoms with Crippen molar-refractivity contribution in [2.75, 3.05) is 46.9 Å². The van der Waals surface area contributed by atoms with Gasteiger partial charge in [-0.15, -0.1) is 0 Å². The molecule has 1 aliphatic rings. The normalized spacial score (nSPS) is 18.4. The van der Waals surface area contributed by atoms with Crippen LogP contribution in [0.5, 0.6) is 5.75 Å². The van der Waals surface area contributed by atoms with Gasteiger partial charge in [0, 0.05) is 26.2 Å². The van der Waals surface area contributed by atoms with Gasteiger partial charge in [0.15, 0.2) is 0 Å². The van der Waals surface area contributed by atoms with E-state index in [0.29, 0.717) is 5.92 Å². The molecule has 3 nitrogen and oxygen atoms in total. The van der Waals surface area contributed by atoms with Crippen molar-refractivity contribution >= 4 is 0 Å². The largest absolute Gasteiger partial charge is 0.496 e. The quantitative estimate of drug-likeness (QED) is 0.768. The molecule has 1 aromatic carbocycles. The highest BCUT2D eigenvalue weighted by Gasteiger charge is 2.14. The number of hydrogen-bond acceptors (Lipinski definition) is 3. The number of likely N-dealkylation sites (N-methyl/N-ethyl adjacent to an activating group) is 1. The van der Waals surface area contributed by atoms with Crippen molar-refractivity contribution in [3.63, 3.8) is 0 Å². The Hall–Kier alpha value is -1.06. The number of rotatable bonds is 7. The average molecular weight is 304 g/mol. The second-order valence-corrected chi connectivity index (χ2v) is 6.63. The Morgan fingerprint density at radius 3 is 2.55 bits per heavy atom. The van der Waals surface area contributed by atoms with Gasteiger partial charge < -0.3 is 14.5 Å². The smallest absolute Gasteiger partial charge is 0.122 e.